The third-order valence-corrected chi connectivity index (χ3v) is 4.40. The average molecular weight is 259 g/mol. The van der Waals surface area contributed by atoms with Crippen LogP contribution in [-0.4, -0.2) is 23.6 Å². The lowest BCUT2D eigenvalue weighted by molar-refractivity contribution is 0.314. The molecule has 2 fully saturated rings. The van der Waals surface area contributed by atoms with Crippen molar-refractivity contribution in [2.45, 2.75) is 37.6 Å². The topological polar surface area (TPSA) is 70.6 Å². The normalized spacial score (nSPS) is 28.1. The zero-order chi connectivity index (χ0) is 13.3. The molecule has 0 saturated heterocycles. The number of nitrogens with zero attached hydrogens (tertiary/aromatic N) is 1. The molecule has 19 heavy (non-hydrogen) atoms. The molecule has 1 aromatic rings. The van der Waals surface area contributed by atoms with E-state index in [0.29, 0.717) is 24.2 Å². The number of hydrogen-bond acceptors (Lipinski definition) is 3. The van der Waals surface area contributed by atoms with Crippen LogP contribution < -0.4 is 11.1 Å². The molecule has 0 radical (unpaired) electrons. The van der Waals surface area contributed by atoms with Crippen molar-refractivity contribution < 1.29 is 5.21 Å². The van der Waals surface area contributed by atoms with Crippen LogP contribution in [0.2, 0.25) is 0 Å². The van der Waals surface area contributed by atoms with Gasteiger partial charge in [0.25, 0.3) is 0 Å². The largest absolute Gasteiger partial charge is 0.409 e. The Hall–Kier alpha value is -1.55. The first-order valence-corrected chi connectivity index (χ1v) is 6.97. The monoisotopic (exact) mass is 259 g/mol. The van der Waals surface area contributed by atoms with Crippen LogP contribution in [0.1, 0.15) is 37.2 Å². The Kier molecular flexibility index (Phi) is 3.19. The van der Waals surface area contributed by atoms with Gasteiger partial charge in [0.1, 0.15) is 5.84 Å². The van der Waals surface area contributed by atoms with Crippen LogP contribution in [0.5, 0.6) is 0 Å². The summed E-state index contributed by atoms with van der Waals surface area (Å²) >= 11 is 0. The van der Waals surface area contributed by atoms with Gasteiger partial charge in [-0.2, -0.15) is 0 Å². The molecule has 2 aliphatic rings. The van der Waals surface area contributed by atoms with Gasteiger partial charge in [0.15, 0.2) is 0 Å². The summed E-state index contributed by atoms with van der Waals surface area (Å²) < 4.78 is 0. The number of hydrogen-bond donors (Lipinski definition) is 3. The molecule has 2 atom stereocenters. The lowest BCUT2D eigenvalue weighted by atomic mass is 10.0. The van der Waals surface area contributed by atoms with Crippen LogP contribution in [0, 0.1) is 5.41 Å². The molecule has 0 aromatic heterocycles. The summed E-state index contributed by atoms with van der Waals surface area (Å²) in [6.07, 6.45) is 4.29. The molecule has 4 N–H and O–H groups in total. The molecule has 1 aromatic carbocycles. The van der Waals surface area contributed by atoms with Gasteiger partial charge < -0.3 is 16.3 Å². The van der Waals surface area contributed by atoms with Gasteiger partial charge in [-0.1, -0.05) is 35.5 Å². The van der Waals surface area contributed by atoms with Gasteiger partial charge in [-0.05, 0) is 30.2 Å². The number of rotatable bonds is 6. The van der Waals surface area contributed by atoms with Gasteiger partial charge in [0.05, 0.1) is 0 Å². The maximum Gasteiger partial charge on any atom is 0.139 e. The van der Waals surface area contributed by atoms with Gasteiger partial charge in [-0.25, -0.2) is 0 Å². The second kappa shape index (κ2) is 4.85. The second-order valence-electron chi connectivity index (χ2n) is 6.01. The molecule has 2 saturated carbocycles. The Balaban J connectivity index is 1.47. The Bertz CT molecular complexity index is 468. The maximum absolute atomic E-state index is 8.65. The van der Waals surface area contributed by atoms with Crippen LogP contribution in [0.25, 0.3) is 0 Å². The van der Waals surface area contributed by atoms with E-state index in [1.165, 1.54) is 24.8 Å². The van der Waals surface area contributed by atoms with Crippen LogP contribution in [0.3, 0.4) is 0 Å². The highest BCUT2D eigenvalue weighted by atomic mass is 16.4. The fourth-order valence-electron chi connectivity index (χ4n) is 2.85. The summed E-state index contributed by atoms with van der Waals surface area (Å²) in [5.41, 5.74) is 7.29. The minimum Gasteiger partial charge on any atom is -0.409 e. The first-order valence-electron chi connectivity index (χ1n) is 6.97. The Labute approximate surface area is 113 Å². The predicted molar refractivity (Wildman–Crippen MR) is 75.3 cm³/mol. The zero-order valence-electron chi connectivity index (χ0n) is 11.0. The molecule has 2 aliphatic carbocycles. The first-order chi connectivity index (χ1) is 9.22. The summed E-state index contributed by atoms with van der Waals surface area (Å²) in [6.45, 7) is 0.983. The average Bonchev–Trinajstić information content (AvgIpc) is 3.33. The first kappa shape index (κ1) is 12.5. The van der Waals surface area contributed by atoms with E-state index in [-0.39, 0.29) is 5.41 Å². The third-order valence-electron chi connectivity index (χ3n) is 4.40. The second-order valence-corrected chi connectivity index (χ2v) is 6.01. The summed E-state index contributed by atoms with van der Waals surface area (Å²) in [7, 11) is 0. The standard InChI is InChI=1S/C15H21N3O/c16-14(18-19)9-15(6-7-15)10-17-13-8-12(13)11-4-2-1-3-5-11/h1-5,12-13,17,19H,6-10H2,(H2,16,18). The van der Waals surface area contributed by atoms with Crippen molar-refractivity contribution >= 4 is 5.84 Å². The summed E-state index contributed by atoms with van der Waals surface area (Å²) in [6, 6.07) is 11.3. The lowest BCUT2D eigenvalue weighted by Gasteiger charge is -2.15. The molecular weight excluding hydrogens is 238 g/mol. The van der Waals surface area contributed by atoms with E-state index in [0.717, 1.165) is 6.54 Å². The number of nitrogens with one attached hydrogen (secondary N) is 1. The number of benzene rings is 1. The minimum atomic E-state index is 0.250. The smallest absolute Gasteiger partial charge is 0.139 e. The van der Waals surface area contributed by atoms with Crippen molar-refractivity contribution in [3.8, 4) is 0 Å². The molecule has 0 spiro atoms. The van der Waals surface area contributed by atoms with Crippen LogP contribution in [0.15, 0.2) is 35.5 Å². The molecule has 4 nitrogen and oxygen atoms in total. The number of amidine groups is 1. The van der Waals surface area contributed by atoms with Crippen molar-refractivity contribution in [2.75, 3.05) is 6.54 Å². The highest BCUT2D eigenvalue weighted by Crippen LogP contribution is 2.49. The van der Waals surface area contributed by atoms with Crippen molar-refractivity contribution in [1.82, 2.24) is 5.32 Å². The van der Waals surface area contributed by atoms with E-state index in [2.05, 4.69) is 40.8 Å². The van der Waals surface area contributed by atoms with Crippen molar-refractivity contribution in [2.24, 2.45) is 16.3 Å². The van der Waals surface area contributed by atoms with E-state index in [1.54, 1.807) is 0 Å². The molecule has 2 unspecified atom stereocenters. The molecule has 0 bridgehead atoms. The van der Waals surface area contributed by atoms with Gasteiger partial charge in [-0.15, -0.1) is 0 Å². The van der Waals surface area contributed by atoms with Gasteiger partial charge in [-0.3, -0.25) is 0 Å². The maximum atomic E-state index is 8.65. The zero-order valence-corrected chi connectivity index (χ0v) is 11.0. The molecule has 0 amide bonds. The predicted octanol–water partition coefficient (Wildman–Crippen LogP) is 2.05. The third kappa shape index (κ3) is 2.89. The summed E-state index contributed by atoms with van der Waals surface area (Å²) in [4.78, 5) is 0. The van der Waals surface area contributed by atoms with E-state index < -0.39 is 0 Å². The fourth-order valence-corrected chi connectivity index (χ4v) is 2.85. The lowest BCUT2D eigenvalue weighted by Crippen LogP contribution is -2.30. The quantitative estimate of drug-likeness (QED) is 0.317. The molecule has 102 valence electrons. The Morgan fingerprint density at radius 3 is 2.74 bits per heavy atom. The molecule has 4 heteroatoms. The highest BCUT2D eigenvalue weighted by Gasteiger charge is 2.46. The molecule has 0 heterocycles. The van der Waals surface area contributed by atoms with Crippen LogP contribution in [-0.2, 0) is 0 Å². The molecule has 3 rings (SSSR count). The summed E-state index contributed by atoms with van der Waals surface area (Å²) in [5.74, 6) is 1.02. The molecule has 0 aliphatic heterocycles. The van der Waals surface area contributed by atoms with E-state index in [4.69, 9.17) is 10.9 Å². The van der Waals surface area contributed by atoms with Crippen LogP contribution >= 0.6 is 0 Å². The van der Waals surface area contributed by atoms with E-state index in [9.17, 15) is 0 Å². The fraction of sp³-hybridized carbons (Fsp3) is 0.533. The van der Waals surface area contributed by atoms with Crippen molar-refractivity contribution in [3.63, 3.8) is 0 Å². The minimum absolute atomic E-state index is 0.250. The summed E-state index contributed by atoms with van der Waals surface area (Å²) in [5, 5.41) is 15.4. The van der Waals surface area contributed by atoms with Crippen molar-refractivity contribution in [1.29, 1.82) is 0 Å². The molecular formula is C15H21N3O. The van der Waals surface area contributed by atoms with Crippen molar-refractivity contribution in [3.05, 3.63) is 35.9 Å². The van der Waals surface area contributed by atoms with Gasteiger partial charge in [0, 0.05) is 24.9 Å². The number of oxime groups is 1. The van der Waals surface area contributed by atoms with E-state index in [1.807, 2.05) is 0 Å². The van der Waals surface area contributed by atoms with E-state index >= 15 is 0 Å². The SMILES string of the molecule is NC(CC1(CNC2CC2c2ccccc2)CC1)=NO. The van der Waals surface area contributed by atoms with Gasteiger partial charge in [0.2, 0.25) is 0 Å². The Morgan fingerprint density at radius 2 is 2.11 bits per heavy atom. The van der Waals surface area contributed by atoms with Crippen LogP contribution in [0.4, 0.5) is 0 Å². The highest BCUT2D eigenvalue weighted by molar-refractivity contribution is 5.80. The number of nitrogens with two attached hydrogens (primary N) is 1. The van der Waals surface area contributed by atoms with Gasteiger partial charge >= 0.3 is 0 Å². The Morgan fingerprint density at radius 1 is 1.37 bits per heavy atom.